The molecule has 1 aliphatic carbocycles. The van der Waals surface area contributed by atoms with E-state index in [-0.39, 0.29) is 40.6 Å². The lowest BCUT2D eigenvalue weighted by molar-refractivity contribution is 0.0876. The van der Waals surface area contributed by atoms with Crippen LogP contribution in [0.5, 0.6) is 11.5 Å². The van der Waals surface area contributed by atoms with Crippen molar-refractivity contribution in [3.63, 3.8) is 0 Å². The fraction of sp³-hybridized carbons (Fsp3) is 0.231. The molecule has 0 bridgehead atoms. The van der Waals surface area contributed by atoms with Gasteiger partial charge in [0.1, 0.15) is 11.5 Å². The Kier molecular flexibility index (Phi) is 2.82. The summed E-state index contributed by atoms with van der Waals surface area (Å²) < 4.78 is 5.15. The number of fused-ring (bicyclic) bond motifs is 1. The number of phenols is 2. The highest BCUT2D eigenvalue weighted by Crippen LogP contribution is 2.37. The number of rotatable bonds is 2. The van der Waals surface area contributed by atoms with Gasteiger partial charge in [0, 0.05) is 5.57 Å². The Labute approximate surface area is 103 Å². The van der Waals surface area contributed by atoms with Crippen molar-refractivity contribution in [3.05, 3.63) is 34.6 Å². The van der Waals surface area contributed by atoms with Gasteiger partial charge in [-0.2, -0.15) is 0 Å². The maximum atomic E-state index is 12.1. The number of hydrogen-bond acceptors (Lipinski definition) is 5. The molecule has 5 heteroatoms. The van der Waals surface area contributed by atoms with Crippen molar-refractivity contribution in [2.75, 3.05) is 6.61 Å². The van der Waals surface area contributed by atoms with Gasteiger partial charge in [-0.15, -0.1) is 0 Å². The van der Waals surface area contributed by atoms with Crippen LogP contribution in [0.25, 0.3) is 0 Å². The molecule has 2 N–H and O–H groups in total. The Morgan fingerprint density at radius 1 is 1.06 bits per heavy atom. The van der Waals surface area contributed by atoms with Crippen LogP contribution in [0.2, 0.25) is 0 Å². The molecule has 0 saturated heterocycles. The van der Waals surface area contributed by atoms with E-state index >= 15 is 0 Å². The van der Waals surface area contributed by atoms with E-state index in [1.54, 1.807) is 6.92 Å². The zero-order valence-electron chi connectivity index (χ0n) is 9.98. The Morgan fingerprint density at radius 2 is 1.56 bits per heavy atom. The highest BCUT2D eigenvalue weighted by atomic mass is 16.5. The van der Waals surface area contributed by atoms with Gasteiger partial charge in [0.25, 0.3) is 0 Å². The summed E-state index contributed by atoms with van der Waals surface area (Å²) in [5.74, 6) is -1.84. The molecule has 1 aromatic carbocycles. The van der Waals surface area contributed by atoms with Crippen molar-refractivity contribution in [2.24, 2.45) is 0 Å². The number of carbonyl (C=O) groups is 2. The van der Waals surface area contributed by atoms with Crippen molar-refractivity contribution >= 4 is 11.6 Å². The van der Waals surface area contributed by atoms with Crippen molar-refractivity contribution in [3.8, 4) is 11.5 Å². The molecule has 0 unspecified atom stereocenters. The molecule has 0 saturated carbocycles. The van der Waals surface area contributed by atoms with Gasteiger partial charge >= 0.3 is 0 Å². The second-order valence-electron chi connectivity index (χ2n) is 3.90. The summed E-state index contributed by atoms with van der Waals surface area (Å²) in [6.45, 7) is 3.38. The van der Waals surface area contributed by atoms with Gasteiger partial charge in [-0.05, 0) is 26.0 Å². The third-order valence-corrected chi connectivity index (χ3v) is 2.79. The van der Waals surface area contributed by atoms with Gasteiger partial charge in [-0.25, -0.2) is 0 Å². The van der Waals surface area contributed by atoms with Crippen molar-refractivity contribution in [1.82, 2.24) is 0 Å². The average Bonchev–Trinajstić information content (AvgIpc) is 2.34. The summed E-state index contributed by atoms with van der Waals surface area (Å²) >= 11 is 0. The molecule has 0 heterocycles. The van der Waals surface area contributed by atoms with Crippen molar-refractivity contribution in [1.29, 1.82) is 0 Å². The molecule has 0 spiro atoms. The third-order valence-electron chi connectivity index (χ3n) is 2.79. The van der Waals surface area contributed by atoms with E-state index in [9.17, 15) is 19.8 Å². The molecule has 0 amide bonds. The van der Waals surface area contributed by atoms with Crippen LogP contribution in [-0.4, -0.2) is 28.4 Å². The number of hydrogen-bond donors (Lipinski definition) is 2. The molecule has 0 aromatic heterocycles. The number of benzene rings is 1. The lowest BCUT2D eigenvalue weighted by Gasteiger charge is -2.20. The van der Waals surface area contributed by atoms with Crippen LogP contribution in [0, 0.1) is 0 Å². The van der Waals surface area contributed by atoms with Gasteiger partial charge < -0.3 is 14.9 Å². The zero-order chi connectivity index (χ0) is 13.4. The number of ether oxygens (including phenoxy) is 1. The number of Topliss-reactive ketones (excluding diaryl/α,β-unsaturated/α-hetero) is 2. The first-order chi connectivity index (χ1) is 8.49. The van der Waals surface area contributed by atoms with E-state index in [0.717, 1.165) is 0 Å². The van der Waals surface area contributed by atoms with Crippen molar-refractivity contribution < 1.29 is 24.5 Å². The topological polar surface area (TPSA) is 83.8 Å². The van der Waals surface area contributed by atoms with Crippen LogP contribution in [0.3, 0.4) is 0 Å². The lowest BCUT2D eigenvalue weighted by Crippen LogP contribution is -2.22. The van der Waals surface area contributed by atoms with E-state index in [2.05, 4.69) is 0 Å². The van der Waals surface area contributed by atoms with Crippen LogP contribution in [0.1, 0.15) is 34.6 Å². The van der Waals surface area contributed by atoms with Crippen LogP contribution < -0.4 is 0 Å². The van der Waals surface area contributed by atoms with E-state index in [1.165, 1.54) is 19.1 Å². The zero-order valence-corrected chi connectivity index (χ0v) is 9.98. The van der Waals surface area contributed by atoms with Gasteiger partial charge in [0.15, 0.2) is 11.5 Å². The quantitative estimate of drug-likeness (QED) is 0.779. The molecule has 5 nitrogen and oxygen atoms in total. The van der Waals surface area contributed by atoms with Crippen molar-refractivity contribution in [2.45, 2.75) is 13.8 Å². The maximum absolute atomic E-state index is 12.1. The van der Waals surface area contributed by atoms with Crippen LogP contribution in [-0.2, 0) is 4.74 Å². The molecule has 0 atom stereocenters. The molecule has 94 valence electrons. The number of phenolic OH excluding ortho intramolecular Hbond substituents is 2. The predicted molar refractivity (Wildman–Crippen MR) is 62.8 cm³/mol. The molecule has 0 fully saturated rings. The first-order valence-electron chi connectivity index (χ1n) is 5.47. The fourth-order valence-electron chi connectivity index (χ4n) is 1.93. The summed E-state index contributed by atoms with van der Waals surface area (Å²) in [6, 6.07) is 2.35. The van der Waals surface area contributed by atoms with Crippen LogP contribution in [0.15, 0.2) is 23.5 Å². The summed E-state index contributed by atoms with van der Waals surface area (Å²) in [6.07, 6.45) is 0. The number of aromatic hydroxyl groups is 2. The second kappa shape index (κ2) is 4.18. The standard InChI is InChI=1S/C13H12O5/c1-3-18-13-6(2)11(16)9-7(14)4-5-8(15)10(9)12(13)17/h4-5,14-15H,3H2,1-2H3. The van der Waals surface area contributed by atoms with E-state index in [4.69, 9.17) is 4.74 Å². The Balaban J connectivity index is 2.72. The first-order valence-corrected chi connectivity index (χ1v) is 5.47. The minimum Gasteiger partial charge on any atom is -0.507 e. The highest BCUT2D eigenvalue weighted by molar-refractivity contribution is 6.27. The van der Waals surface area contributed by atoms with Gasteiger partial charge in [0.05, 0.1) is 17.7 Å². The molecular formula is C13H12O5. The summed E-state index contributed by atoms with van der Waals surface area (Å²) in [5, 5.41) is 19.3. The van der Waals surface area contributed by atoms with E-state index in [0.29, 0.717) is 0 Å². The van der Waals surface area contributed by atoms with Gasteiger partial charge in [-0.1, -0.05) is 0 Å². The molecule has 2 rings (SSSR count). The lowest BCUT2D eigenvalue weighted by atomic mass is 9.87. The first kappa shape index (κ1) is 12.2. The predicted octanol–water partition coefficient (Wildman–Crippen LogP) is 1.79. The summed E-state index contributed by atoms with van der Waals surface area (Å²) in [4.78, 5) is 24.2. The molecule has 0 radical (unpaired) electrons. The molecule has 1 aromatic rings. The van der Waals surface area contributed by atoms with E-state index < -0.39 is 11.6 Å². The van der Waals surface area contributed by atoms with Gasteiger partial charge in [-0.3, -0.25) is 9.59 Å². The Morgan fingerprint density at radius 3 is 2.06 bits per heavy atom. The fourth-order valence-corrected chi connectivity index (χ4v) is 1.93. The van der Waals surface area contributed by atoms with Crippen LogP contribution in [0.4, 0.5) is 0 Å². The van der Waals surface area contributed by atoms with E-state index in [1.807, 2.05) is 0 Å². The summed E-state index contributed by atoms with van der Waals surface area (Å²) in [5.41, 5.74) is -0.231. The van der Waals surface area contributed by atoms with Gasteiger partial charge in [0.2, 0.25) is 5.78 Å². The Hall–Kier alpha value is -2.30. The number of ketones is 2. The second-order valence-corrected chi connectivity index (χ2v) is 3.90. The highest BCUT2D eigenvalue weighted by Gasteiger charge is 2.35. The maximum Gasteiger partial charge on any atom is 0.232 e. The SMILES string of the molecule is CCOC1=C(C)C(=O)c2c(O)ccc(O)c2C1=O. The Bertz CT molecular complexity index is 583. The monoisotopic (exact) mass is 248 g/mol. The molecule has 18 heavy (non-hydrogen) atoms. The minimum atomic E-state index is -0.586. The normalized spacial score (nSPS) is 14.8. The molecular weight excluding hydrogens is 236 g/mol. The summed E-state index contributed by atoms with van der Waals surface area (Å²) in [7, 11) is 0. The third kappa shape index (κ3) is 1.55. The smallest absolute Gasteiger partial charge is 0.232 e. The minimum absolute atomic E-state index is 0.0732. The molecule has 0 aliphatic heterocycles. The van der Waals surface area contributed by atoms with Crippen LogP contribution >= 0.6 is 0 Å². The number of allylic oxidation sites excluding steroid dienone is 2. The number of carbonyl (C=O) groups excluding carboxylic acids is 2. The largest absolute Gasteiger partial charge is 0.507 e. The average molecular weight is 248 g/mol. The molecule has 1 aliphatic rings.